The van der Waals surface area contributed by atoms with E-state index in [4.69, 9.17) is 4.74 Å². The Morgan fingerprint density at radius 3 is 2.46 bits per heavy atom. The molecule has 1 aromatic carbocycles. The molecule has 2 atom stereocenters. The second-order valence-electron chi connectivity index (χ2n) is 9.04. The van der Waals surface area contributed by atoms with Crippen molar-refractivity contribution in [3.63, 3.8) is 0 Å². The van der Waals surface area contributed by atoms with Crippen LogP contribution in [0.25, 0.3) is 5.69 Å². The summed E-state index contributed by atoms with van der Waals surface area (Å²) in [6.45, 7) is 5.21. The van der Waals surface area contributed by atoms with Crippen LogP contribution in [-0.4, -0.2) is 74.2 Å². The number of hydrogen-bond donors (Lipinski definition) is 2. The van der Waals surface area contributed by atoms with Gasteiger partial charge in [-0.3, -0.25) is 9.69 Å². The lowest BCUT2D eigenvalue weighted by Crippen LogP contribution is -2.46. The van der Waals surface area contributed by atoms with E-state index in [2.05, 4.69) is 32.4 Å². The number of ether oxygens (including phenoxy) is 1. The fourth-order valence-corrected chi connectivity index (χ4v) is 4.83. The fraction of sp³-hybridized carbons (Fsp3) is 0.400. The highest BCUT2D eigenvalue weighted by molar-refractivity contribution is 5.95. The number of aromatic nitrogens is 4. The molecule has 0 saturated carbocycles. The Bertz CT molecular complexity index is 1180. The first-order chi connectivity index (χ1) is 17.0. The normalized spacial score (nSPS) is 18.1. The van der Waals surface area contributed by atoms with Crippen LogP contribution in [0.2, 0.25) is 0 Å². The van der Waals surface area contributed by atoms with Crippen LogP contribution in [0.3, 0.4) is 0 Å². The maximum Gasteiger partial charge on any atom is 0.326 e. The van der Waals surface area contributed by atoms with Crippen LogP contribution in [0.5, 0.6) is 0 Å². The molecule has 5 rings (SSSR count). The Morgan fingerprint density at radius 1 is 1.11 bits per heavy atom. The molecule has 1 aliphatic heterocycles. The Labute approximate surface area is 202 Å². The van der Waals surface area contributed by atoms with Crippen molar-refractivity contribution < 1.29 is 19.4 Å². The van der Waals surface area contributed by atoms with Crippen LogP contribution in [0, 0.1) is 5.92 Å². The summed E-state index contributed by atoms with van der Waals surface area (Å²) in [4.78, 5) is 31.3. The van der Waals surface area contributed by atoms with Gasteiger partial charge < -0.3 is 15.2 Å². The Balaban J connectivity index is 1.24. The summed E-state index contributed by atoms with van der Waals surface area (Å²) < 4.78 is 7.04. The fourth-order valence-electron chi connectivity index (χ4n) is 4.83. The number of carboxylic acid groups (broad SMARTS) is 1. The number of benzene rings is 1. The van der Waals surface area contributed by atoms with E-state index in [9.17, 15) is 14.7 Å². The van der Waals surface area contributed by atoms with Crippen molar-refractivity contribution >= 4 is 11.9 Å². The van der Waals surface area contributed by atoms with Crippen molar-refractivity contribution in [1.29, 1.82) is 0 Å². The summed E-state index contributed by atoms with van der Waals surface area (Å²) in [6, 6.07) is 10.3. The molecule has 2 aromatic heterocycles. The number of fused-ring (bicyclic) bond motifs is 1. The minimum Gasteiger partial charge on any atom is -0.480 e. The predicted octanol–water partition coefficient (Wildman–Crippen LogP) is 1.65. The number of carbonyl (C=O) groups excluding carboxylic acids is 1. The van der Waals surface area contributed by atoms with Gasteiger partial charge in [0.2, 0.25) is 0 Å². The van der Waals surface area contributed by atoms with E-state index >= 15 is 0 Å². The van der Waals surface area contributed by atoms with Crippen molar-refractivity contribution in [2.45, 2.75) is 31.8 Å². The SMILES string of the molecule is CC(c1cn(-c2ccc(C(=O)NC(C(=O)O)C3Cc4ccccc4C3)nc2)nn1)N1CCOCC1. The summed E-state index contributed by atoms with van der Waals surface area (Å²) in [5.41, 5.74) is 3.93. The summed E-state index contributed by atoms with van der Waals surface area (Å²) in [5, 5.41) is 21.0. The number of hydrogen-bond acceptors (Lipinski definition) is 7. The number of nitrogens with zero attached hydrogens (tertiary/aromatic N) is 5. The monoisotopic (exact) mass is 476 g/mol. The smallest absolute Gasteiger partial charge is 0.326 e. The third-order valence-electron chi connectivity index (χ3n) is 6.88. The van der Waals surface area contributed by atoms with Crippen molar-refractivity contribution in [2.75, 3.05) is 26.3 Å². The van der Waals surface area contributed by atoms with Crippen molar-refractivity contribution in [2.24, 2.45) is 5.92 Å². The molecule has 10 nitrogen and oxygen atoms in total. The molecule has 2 aliphatic rings. The number of carbonyl (C=O) groups is 2. The third kappa shape index (κ3) is 4.94. The van der Waals surface area contributed by atoms with Crippen LogP contribution in [-0.2, 0) is 22.4 Å². The van der Waals surface area contributed by atoms with E-state index in [1.807, 2.05) is 30.5 Å². The predicted molar refractivity (Wildman–Crippen MR) is 126 cm³/mol. The van der Waals surface area contributed by atoms with Crippen LogP contribution in [0.1, 0.15) is 40.3 Å². The second-order valence-corrected chi connectivity index (χ2v) is 9.04. The standard InChI is InChI=1S/C25H28N6O4/c1-16(30-8-10-35-11-9-30)22-15-31(29-28-22)20-6-7-21(26-14-20)24(32)27-23(25(33)34)19-12-17-4-2-3-5-18(17)13-19/h2-7,14-16,19,23H,8-13H2,1H3,(H,27,32)(H,33,34). The van der Waals surface area contributed by atoms with Gasteiger partial charge in [0.15, 0.2) is 0 Å². The Morgan fingerprint density at radius 2 is 1.83 bits per heavy atom. The van der Waals surface area contributed by atoms with E-state index in [0.717, 1.165) is 29.9 Å². The number of morpholine rings is 1. The van der Waals surface area contributed by atoms with Crippen molar-refractivity contribution in [1.82, 2.24) is 30.2 Å². The molecule has 1 amide bonds. The number of nitrogens with one attached hydrogen (secondary N) is 1. The zero-order chi connectivity index (χ0) is 24.4. The van der Waals surface area contributed by atoms with E-state index in [1.54, 1.807) is 16.8 Å². The average Bonchev–Trinajstić information content (AvgIpc) is 3.55. The van der Waals surface area contributed by atoms with Gasteiger partial charge >= 0.3 is 5.97 Å². The number of carboxylic acids is 1. The largest absolute Gasteiger partial charge is 0.480 e. The average molecular weight is 477 g/mol. The molecule has 2 N–H and O–H groups in total. The van der Waals surface area contributed by atoms with Gasteiger partial charge in [0, 0.05) is 13.1 Å². The third-order valence-corrected chi connectivity index (χ3v) is 6.88. The molecule has 1 aliphatic carbocycles. The molecule has 0 radical (unpaired) electrons. The number of rotatable bonds is 7. The number of aliphatic carboxylic acids is 1. The molecule has 10 heteroatoms. The number of amides is 1. The van der Waals surface area contributed by atoms with E-state index in [-0.39, 0.29) is 17.7 Å². The molecule has 3 heterocycles. The first-order valence-electron chi connectivity index (χ1n) is 11.8. The van der Waals surface area contributed by atoms with Crippen LogP contribution < -0.4 is 5.32 Å². The van der Waals surface area contributed by atoms with E-state index in [1.165, 1.54) is 6.20 Å². The molecular weight excluding hydrogens is 448 g/mol. The molecular formula is C25H28N6O4. The second kappa shape index (κ2) is 9.93. The number of pyridine rings is 1. The van der Waals surface area contributed by atoms with Gasteiger partial charge in [-0.1, -0.05) is 29.5 Å². The minimum absolute atomic E-state index is 0.111. The Kier molecular flexibility index (Phi) is 6.56. The summed E-state index contributed by atoms with van der Waals surface area (Å²) in [7, 11) is 0. The first kappa shape index (κ1) is 23.1. The van der Waals surface area contributed by atoms with Gasteiger partial charge in [-0.15, -0.1) is 5.10 Å². The van der Waals surface area contributed by atoms with Crippen LogP contribution >= 0.6 is 0 Å². The highest BCUT2D eigenvalue weighted by Crippen LogP contribution is 2.29. The Hall–Kier alpha value is -3.63. The van der Waals surface area contributed by atoms with Crippen LogP contribution in [0.15, 0.2) is 48.8 Å². The minimum atomic E-state index is -1.04. The van der Waals surface area contributed by atoms with Gasteiger partial charge in [0.25, 0.3) is 5.91 Å². The summed E-state index contributed by atoms with van der Waals surface area (Å²) >= 11 is 0. The summed E-state index contributed by atoms with van der Waals surface area (Å²) in [6.07, 6.45) is 4.64. The lowest BCUT2D eigenvalue weighted by atomic mass is 9.96. The van der Waals surface area contributed by atoms with E-state index in [0.29, 0.717) is 31.7 Å². The lowest BCUT2D eigenvalue weighted by molar-refractivity contribution is -0.140. The first-order valence-corrected chi connectivity index (χ1v) is 11.8. The molecule has 0 spiro atoms. The topological polar surface area (TPSA) is 122 Å². The van der Waals surface area contributed by atoms with Crippen LogP contribution in [0.4, 0.5) is 0 Å². The maximum atomic E-state index is 12.8. The van der Waals surface area contributed by atoms with Gasteiger partial charge in [-0.25, -0.2) is 14.5 Å². The zero-order valence-electron chi connectivity index (χ0n) is 19.5. The van der Waals surface area contributed by atoms with Gasteiger partial charge in [0.1, 0.15) is 11.7 Å². The van der Waals surface area contributed by atoms with Crippen molar-refractivity contribution in [3.8, 4) is 5.69 Å². The molecule has 1 saturated heterocycles. The molecule has 35 heavy (non-hydrogen) atoms. The quantitative estimate of drug-likeness (QED) is 0.528. The molecule has 3 aromatic rings. The zero-order valence-corrected chi connectivity index (χ0v) is 19.5. The van der Waals surface area contributed by atoms with Gasteiger partial charge in [0.05, 0.1) is 43.0 Å². The molecule has 2 unspecified atom stereocenters. The highest BCUT2D eigenvalue weighted by Gasteiger charge is 2.34. The maximum absolute atomic E-state index is 12.8. The lowest BCUT2D eigenvalue weighted by Gasteiger charge is -2.30. The van der Waals surface area contributed by atoms with Gasteiger partial charge in [-0.05, 0) is 48.9 Å². The molecule has 182 valence electrons. The van der Waals surface area contributed by atoms with Gasteiger partial charge in [-0.2, -0.15) is 0 Å². The summed E-state index contributed by atoms with van der Waals surface area (Å²) in [5.74, 6) is -1.76. The molecule has 1 fully saturated rings. The van der Waals surface area contributed by atoms with Crippen molar-refractivity contribution in [3.05, 3.63) is 71.3 Å². The molecule has 0 bridgehead atoms. The van der Waals surface area contributed by atoms with E-state index < -0.39 is 17.9 Å². The highest BCUT2D eigenvalue weighted by atomic mass is 16.5.